The second-order valence-electron chi connectivity index (χ2n) is 15.0. The number of hydrogen-bond donors (Lipinski definition) is 15. The monoisotopic (exact) mass is 959 g/mol. The number of aliphatic carboxylic acids is 2. The maximum absolute atomic E-state index is 14.5. The fourth-order valence-electron chi connectivity index (χ4n) is 6.60. The van der Waals surface area contributed by atoms with Gasteiger partial charge in [0.15, 0.2) is 23.5 Å². The molecule has 66 heavy (non-hydrogen) atoms. The van der Waals surface area contributed by atoms with Crippen LogP contribution in [-0.4, -0.2) is 191 Å². The molecule has 0 radical (unpaired) electrons. The number of aliphatic hydroxyl groups excluding tert-OH is 7. The Bertz CT molecular complexity index is 2300. The lowest BCUT2D eigenvalue weighted by molar-refractivity contribution is -0.318. The molecule has 2 saturated heterocycles. The van der Waals surface area contributed by atoms with Crippen molar-refractivity contribution >= 4 is 46.5 Å². The minimum atomic E-state index is -2.17. The van der Waals surface area contributed by atoms with E-state index in [2.05, 4.69) is 10.6 Å². The Labute approximate surface area is 375 Å². The zero-order chi connectivity index (χ0) is 48.7. The standard InChI is InChI=1S/C39H49N3O23S/c1-13-25(49)29(53)31(55)38(62-13)61-11-21-27(51)30(54)32(56)39(64-21)65-34-28(52)24-19(45)8-14(60-7-6-43)9-20(24)63-33(34)15-2-4-18(44)26(50)35(15)66-12-17(36(57)41-10-23(47)48)42-22(46)5-3-16(40)37(58)59/h2,4,8-9,13,16-17,21,25,27,29-32,38-39,43-45,49-51,53-56H,3,5-7,10-12,40H2,1H3,(H,41,57)(H,42,46)(H,47,48)(H,58,59)/t13-,16-,17-,21+,25-,27+,29+,30-,31+,32+,38+,39-/m0/s1. The first-order valence-corrected chi connectivity index (χ1v) is 20.8. The molecule has 26 nitrogen and oxygen atoms in total. The smallest absolute Gasteiger partial charge is 0.322 e. The van der Waals surface area contributed by atoms with E-state index in [0.29, 0.717) is 11.8 Å². The number of hydrogen-bond acceptors (Lipinski definition) is 23. The number of carbonyl (C=O) groups is 4. The number of thioether (sulfide) groups is 1. The summed E-state index contributed by atoms with van der Waals surface area (Å²) in [6.45, 7) is -1.01. The second-order valence-corrected chi connectivity index (χ2v) is 16.0. The minimum Gasteiger partial charge on any atom is -0.507 e. The predicted molar refractivity (Wildman–Crippen MR) is 219 cm³/mol. The van der Waals surface area contributed by atoms with Crippen molar-refractivity contribution in [3.63, 3.8) is 0 Å². The number of carboxylic acid groups (broad SMARTS) is 2. The van der Waals surface area contributed by atoms with Crippen LogP contribution in [0.25, 0.3) is 22.3 Å². The average Bonchev–Trinajstić information content (AvgIpc) is 3.27. The van der Waals surface area contributed by atoms with Crippen molar-refractivity contribution in [2.75, 3.05) is 32.1 Å². The number of phenolic OH excluding ortho intramolecular Hbond substituents is 3. The Kier molecular flexibility index (Phi) is 17.4. The molecule has 12 atom stereocenters. The third kappa shape index (κ3) is 11.9. The molecule has 27 heteroatoms. The van der Waals surface area contributed by atoms with Gasteiger partial charge in [0.2, 0.25) is 29.3 Å². The Balaban J connectivity index is 1.56. The summed E-state index contributed by atoms with van der Waals surface area (Å²) in [6, 6.07) is 1.05. The number of amides is 2. The highest BCUT2D eigenvalue weighted by molar-refractivity contribution is 7.99. The van der Waals surface area contributed by atoms with Crippen LogP contribution in [0.15, 0.2) is 38.4 Å². The first-order chi connectivity index (χ1) is 31.1. The van der Waals surface area contributed by atoms with E-state index in [0.717, 1.165) is 24.3 Å². The largest absolute Gasteiger partial charge is 0.507 e. The van der Waals surface area contributed by atoms with Gasteiger partial charge in [-0.2, -0.15) is 0 Å². The van der Waals surface area contributed by atoms with E-state index in [4.69, 9.17) is 44.0 Å². The molecule has 0 saturated carbocycles. The highest BCUT2D eigenvalue weighted by Gasteiger charge is 2.48. The van der Waals surface area contributed by atoms with Crippen LogP contribution in [0, 0.1) is 0 Å². The van der Waals surface area contributed by atoms with Crippen molar-refractivity contribution < 1.29 is 109 Å². The molecule has 0 bridgehead atoms. The van der Waals surface area contributed by atoms with Crippen molar-refractivity contribution in [1.29, 1.82) is 0 Å². The molecular weight excluding hydrogens is 910 g/mol. The van der Waals surface area contributed by atoms with Crippen LogP contribution >= 0.6 is 11.8 Å². The number of carboxylic acids is 2. The lowest BCUT2D eigenvalue weighted by atomic mass is 9.98. The van der Waals surface area contributed by atoms with Gasteiger partial charge in [-0.3, -0.25) is 24.0 Å². The molecule has 3 heterocycles. The summed E-state index contributed by atoms with van der Waals surface area (Å²) in [7, 11) is 0. The Morgan fingerprint density at radius 3 is 2.24 bits per heavy atom. The molecule has 0 unspecified atom stereocenters. The van der Waals surface area contributed by atoms with Crippen molar-refractivity contribution in [2.24, 2.45) is 5.73 Å². The van der Waals surface area contributed by atoms with E-state index in [1.807, 2.05) is 0 Å². The van der Waals surface area contributed by atoms with Gasteiger partial charge in [0.1, 0.15) is 90.4 Å². The summed E-state index contributed by atoms with van der Waals surface area (Å²) >= 11 is 0.523. The first-order valence-electron chi connectivity index (χ1n) is 19.8. The molecule has 0 spiro atoms. The van der Waals surface area contributed by atoms with E-state index in [1.54, 1.807) is 0 Å². The third-order valence-electron chi connectivity index (χ3n) is 10.2. The molecule has 2 aliphatic rings. The van der Waals surface area contributed by atoms with Crippen LogP contribution in [0.4, 0.5) is 0 Å². The highest BCUT2D eigenvalue weighted by Crippen LogP contribution is 2.47. The molecule has 2 amide bonds. The summed E-state index contributed by atoms with van der Waals surface area (Å²) in [5.41, 5.74) is 3.52. The number of aromatic hydroxyl groups is 3. The van der Waals surface area contributed by atoms with Gasteiger partial charge < -0.3 is 106 Å². The van der Waals surface area contributed by atoms with E-state index < -0.39 is 179 Å². The van der Waals surface area contributed by atoms with Gasteiger partial charge in [0.25, 0.3) is 0 Å². The molecule has 16 N–H and O–H groups in total. The molecular formula is C39H49N3O23S. The van der Waals surface area contributed by atoms with Crippen LogP contribution < -0.4 is 31.3 Å². The molecule has 0 aliphatic carbocycles. The van der Waals surface area contributed by atoms with E-state index in [9.17, 15) is 75.0 Å². The lowest BCUT2D eigenvalue weighted by Crippen LogP contribution is -2.61. The number of ether oxygens (including phenoxy) is 5. The quantitative estimate of drug-likeness (QED) is 0.0378. The minimum absolute atomic E-state index is 0.121. The zero-order valence-corrected chi connectivity index (χ0v) is 35.3. The van der Waals surface area contributed by atoms with Crippen LogP contribution in [0.3, 0.4) is 0 Å². The van der Waals surface area contributed by atoms with Crippen LogP contribution in [-0.2, 0) is 33.4 Å². The van der Waals surface area contributed by atoms with Gasteiger partial charge >= 0.3 is 11.9 Å². The van der Waals surface area contributed by atoms with Crippen LogP contribution in [0.5, 0.6) is 28.7 Å². The lowest BCUT2D eigenvalue weighted by Gasteiger charge is -2.42. The number of nitrogens with two attached hydrogens (primary N) is 1. The summed E-state index contributed by atoms with van der Waals surface area (Å²) in [4.78, 5) is 62.5. The third-order valence-corrected chi connectivity index (χ3v) is 11.4. The van der Waals surface area contributed by atoms with Gasteiger partial charge in [0, 0.05) is 29.9 Å². The maximum atomic E-state index is 14.5. The second kappa shape index (κ2) is 22.3. The van der Waals surface area contributed by atoms with Gasteiger partial charge in [-0.15, -0.1) is 11.8 Å². The van der Waals surface area contributed by atoms with Gasteiger partial charge in [-0.25, -0.2) is 0 Å². The number of fused-ring (bicyclic) bond motifs is 1. The zero-order valence-electron chi connectivity index (χ0n) is 34.5. The average molecular weight is 960 g/mol. The Morgan fingerprint density at radius 1 is 0.894 bits per heavy atom. The summed E-state index contributed by atoms with van der Waals surface area (Å²) < 4.78 is 34.0. The van der Waals surface area contributed by atoms with Crippen LogP contribution in [0.1, 0.15) is 19.8 Å². The number of aliphatic hydroxyl groups is 7. The molecule has 1 aromatic heterocycles. The van der Waals surface area contributed by atoms with Crippen molar-refractivity contribution in [3.8, 4) is 40.1 Å². The van der Waals surface area contributed by atoms with Gasteiger partial charge in [0.05, 0.1) is 24.2 Å². The summed E-state index contributed by atoms with van der Waals surface area (Å²) in [5.74, 6) is -9.57. The number of carbonyl (C=O) groups excluding carboxylic acids is 2. The normalized spacial score (nSPS) is 26.3. The van der Waals surface area contributed by atoms with Gasteiger partial charge in [-0.05, 0) is 25.5 Å². The number of nitrogens with one attached hydrogen (secondary N) is 2. The molecule has 364 valence electrons. The molecule has 3 aromatic rings. The Hall–Kier alpha value is -5.56. The first kappa shape index (κ1) is 51.4. The number of benzene rings is 2. The van der Waals surface area contributed by atoms with Crippen molar-refractivity contribution in [3.05, 3.63) is 34.5 Å². The highest BCUT2D eigenvalue weighted by atomic mass is 32.2. The van der Waals surface area contributed by atoms with Crippen molar-refractivity contribution in [1.82, 2.24) is 10.6 Å². The SMILES string of the molecule is C[C@@H]1O[C@@H](OC[C@H]2O[C@@H](Oc3c(-c4ccc(O)c(O)c4SC[C@H](NC(=O)CC[C@H](N)C(=O)O)C(=O)NCC(=O)O)oc4cc(OCCO)cc(O)c4c3=O)[C@H](O)[C@@H](O)[C@@H]2O)[C@H](O)[C@H](O)[C@H]1O. The predicted octanol–water partition coefficient (Wildman–Crippen LogP) is -4.05. The molecule has 2 fully saturated rings. The topological polar surface area (TPSA) is 437 Å². The molecule has 2 aromatic carbocycles. The number of phenols is 3. The van der Waals surface area contributed by atoms with E-state index >= 15 is 0 Å². The van der Waals surface area contributed by atoms with Crippen molar-refractivity contribution in [2.45, 2.75) is 98.2 Å². The van der Waals surface area contributed by atoms with E-state index in [1.165, 1.54) is 6.92 Å². The molecule has 2 aliphatic heterocycles. The summed E-state index contributed by atoms with van der Waals surface area (Å²) in [6.07, 6.45) is -18.5. The fourth-order valence-corrected chi connectivity index (χ4v) is 7.72. The summed E-state index contributed by atoms with van der Waals surface area (Å²) in [5, 5.41) is 128. The van der Waals surface area contributed by atoms with Crippen LogP contribution in [0.2, 0.25) is 0 Å². The Morgan fingerprint density at radius 2 is 1.58 bits per heavy atom. The molecule has 5 rings (SSSR count). The fraction of sp³-hybridized carbons (Fsp3) is 0.513. The maximum Gasteiger partial charge on any atom is 0.322 e. The van der Waals surface area contributed by atoms with Gasteiger partial charge in [-0.1, -0.05) is 0 Å². The number of rotatable bonds is 20. The van der Waals surface area contributed by atoms with E-state index in [-0.39, 0.29) is 24.3 Å².